The maximum Gasteiger partial charge on any atom is 0.335 e. The smallest absolute Gasteiger partial charge is 0.335 e. The Morgan fingerprint density at radius 1 is 1.20 bits per heavy atom. The maximum atomic E-state index is 10.7. The quantitative estimate of drug-likeness (QED) is 0.734. The van der Waals surface area contributed by atoms with E-state index in [1.54, 1.807) is 30.3 Å². The first kappa shape index (κ1) is 12.5. The molecule has 2 rings (SSSR count). The zero-order valence-corrected chi connectivity index (χ0v) is 13.0. The van der Waals surface area contributed by atoms with Gasteiger partial charge in [0, 0.05) is 37.7 Å². The van der Waals surface area contributed by atoms with Crippen LogP contribution in [0.4, 0.5) is 0 Å². The molecule has 73 valence electrons. The molecule has 2 aromatic rings. The van der Waals surface area contributed by atoms with Crippen LogP contribution in [-0.4, -0.2) is 38.4 Å². The van der Waals surface area contributed by atoms with Gasteiger partial charge >= 0.3 is 5.97 Å². The third-order valence-corrected chi connectivity index (χ3v) is 2.40. The Morgan fingerprint density at radius 2 is 1.93 bits per heavy atom. The van der Waals surface area contributed by atoms with Crippen LogP contribution in [0.25, 0.3) is 10.8 Å². The molecular weight excluding hydrogens is 404 g/mol. The van der Waals surface area contributed by atoms with Crippen molar-refractivity contribution in [3.8, 4) is 0 Å². The summed E-state index contributed by atoms with van der Waals surface area (Å²) >= 11 is 5.94. The molecule has 0 atom stereocenters. The molecule has 2 nitrogen and oxygen atoms in total. The molecule has 0 spiro atoms. The van der Waals surface area contributed by atoms with Gasteiger partial charge in [-0.25, -0.2) is 4.79 Å². The van der Waals surface area contributed by atoms with Crippen LogP contribution in [0.3, 0.4) is 0 Å². The third kappa shape index (κ3) is 2.49. The molecule has 4 heteroatoms. The molecule has 0 heterocycles. The van der Waals surface area contributed by atoms with E-state index in [0.717, 1.165) is 10.8 Å². The van der Waals surface area contributed by atoms with Crippen molar-refractivity contribution in [2.45, 2.75) is 0 Å². The molecule has 0 aliphatic heterocycles. The average Bonchev–Trinajstić information content (AvgIpc) is 2.17. The standard InChI is InChI=1S/C11H7ClO2.Tl/c12-10-3-1-2-7-6-8(11(13)14)4-5-9(7)10;/h1-6H,(H,13,14);. The van der Waals surface area contributed by atoms with Crippen LogP contribution in [-0.2, 0) is 0 Å². The van der Waals surface area contributed by atoms with Gasteiger partial charge < -0.3 is 5.11 Å². The topological polar surface area (TPSA) is 37.3 Å². The largest absolute Gasteiger partial charge is 0.478 e. The molecule has 2 aromatic carbocycles. The van der Waals surface area contributed by atoms with Crippen molar-refractivity contribution >= 4 is 55.6 Å². The molecule has 1 radical (unpaired) electrons. The van der Waals surface area contributed by atoms with Crippen molar-refractivity contribution in [3.05, 3.63) is 47.0 Å². The molecule has 0 aliphatic carbocycles. The Bertz CT molecular complexity index is 511. The maximum absolute atomic E-state index is 10.7. The van der Waals surface area contributed by atoms with E-state index in [-0.39, 0.29) is 32.9 Å². The van der Waals surface area contributed by atoms with Crippen LogP contribution in [0, 0.1) is 0 Å². The van der Waals surface area contributed by atoms with Gasteiger partial charge in [0.25, 0.3) is 0 Å². The van der Waals surface area contributed by atoms with E-state index in [0.29, 0.717) is 5.02 Å². The van der Waals surface area contributed by atoms with Crippen LogP contribution in [0.1, 0.15) is 10.4 Å². The van der Waals surface area contributed by atoms with E-state index < -0.39 is 5.97 Å². The minimum atomic E-state index is -0.924. The van der Waals surface area contributed by atoms with Gasteiger partial charge in [0.05, 0.1) is 5.56 Å². The first-order valence-corrected chi connectivity index (χ1v) is 4.48. The molecule has 0 saturated carbocycles. The summed E-state index contributed by atoms with van der Waals surface area (Å²) in [5.74, 6) is -0.924. The van der Waals surface area contributed by atoms with Gasteiger partial charge in [-0.3, -0.25) is 0 Å². The summed E-state index contributed by atoms with van der Waals surface area (Å²) in [4.78, 5) is 10.7. The van der Waals surface area contributed by atoms with Gasteiger partial charge in [-0.05, 0) is 23.6 Å². The number of hydrogen-bond donors (Lipinski definition) is 1. The average molecular weight is 411 g/mol. The van der Waals surface area contributed by atoms with Gasteiger partial charge in [-0.1, -0.05) is 29.8 Å². The minimum Gasteiger partial charge on any atom is -0.478 e. The molecule has 0 aromatic heterocycles. The second-order valence-electron chi connectivity index (χ2n) is 2.98. The summed E-state index contributed by atoms with van der Waals surface area (Å²) in [7, 11) is 0. The fourth-order valence-corrected chi connectivity index (χ4v) is 1.62. The number of carbonyl (C=O) groups is 1. The number of hydrogen-bond acceptors (Lipinski definition) is 1. The fraction of sp³-hybridized carbons (Fsp3) is 0. The summed E-state index contributed by atoms with van der Waals surface area (Å²) < 4.78 is 0. The summed E-state index contributed by atoms with van der Waals surface area (Å²) in [5.41, 5.74) is 0.278. The summed E-state index contributed by atoms with van der Waals surface area (Å²) in [6.45, 7) is 0. The Balaban J connectivity index is 0.00000112. The van der Waals surface area contributed by atoms with Crippen molar-refractivity contribution in [1.82, 2.24) is 0 Å². The number of carboxylic acid groups (broad SMARTS) is 1. The van der Waals surface area contributed by atoms with E-state index in [4.69, 9.17) is 16.7 Å². The van der Waals surface area contributed by atoms with E-state index in [1.807, 2.05) is 6.07 Å². The van der Waals surface area contributed by atoms with E-state index in [1.165, 1.54) is 0 Å². The van der Waals surface area contributed by atoms with Crippen molar-refractivity contribution < 1.29 is 9.90 Å². The monoisotopic (exact) mass is 411 g/mol. The number of carboxylic acids is 1. The number of fused-ring (bicyclic) bond motifs is 1. The zero-order valence-electron chi connectivity index (χ0n) is 7.77. The first-order chi connectivity index (χ1) is 6.68. The minimum absolute atomic E-state index is 0. The van der Waals surface area contributed by atoms with E-state index in [9.17, 15) is 4.79 Å². The third-order valence-electron chi connectivity index (χ3n) is 2.07. The predicted molar refractivity (Wildman–Crippen MR) is 61.7 cm³/mol. The fourth-order valence-electron chi connectivity index (χ4n) is 1.38. The Morgan fingerprint density at radius 3 is 2.60 bits per heavy atom. The van der Waals surface area contributed by atoms with Crippen molar-refractivity contribution in [2.75, 3.05) is 0 Å². The zero-order chi connectivity index (χ0) is 10.1. The Labute approximate surface area is 112 Å². The normalized spacial score (nSPS) is 9.67. The van der Waals surface area contributed by atoms with Gasteiger partial charge in [-0.15, -0.1) is 0 Å². The molecular formula is C11H7ClO2Tl. The summed E-state index contributed by atoms with van der Waals surface area (Å²) in [5, 5.41) is 11.1. The van der Waals surface area contributed by atoms with Gasteiger partial charge in [0.1, 0.15) is 0 Å². The van der Waals surface area contributed by atoms with Gasteiger partial charge in [0.2, 0.25) is 0 Å². The summed E-state index contributed by atoms with van der Waals surface area (Å²) in [6, 6.07) is 10.3. The number of aromatic carboxylic acids is 1. The molecule has 0 unspecified atom stereocenters. The van der Waals surface area contributed by atoms with Crippen molar-refractivity contribution in [1.29, 1.82) is 0 Å². The molecule has 0 fully saturated rings. The van der Waals surface area contributed by atoms with Gasteiger partial charge in [0.15, 0.2) is 0 Å². The second kappa shape index (κ2) is 4.94. The predicted octanol–water partition coefficient (Wildman–Crippen LogP) is 2.81. The van der Waals surface area contributed by atoms with E-state index >= 15 is 0 Å². The first-order valence-electron chi connectivity index (χ1n) is 4.10. The molecule has 15 heavy (non-hydrogen) atoms. The molecule has 0 saturated heterocycles. The Hall–Kier alpha value is -0.618. The molecule has 0 aliphatic rings. The molecule has 1 N–H and O–H groups in total. The van der Waals surface area contributed by atoms with Crippen LogP contribution in [0.2, 0.25) is 5.02 Å². The van der Waals surface area contributed by atoms with Crippen LogP contribution >= 0.6 is 11.6 Å². The SMILES string of the molecule is O=C(O)c1ccc2c(Cl)cccc2c1.[Tl]. The van der Waals surface area contributed by atoms with Crippen LogP contribution in [0.5, 0.6) is 0 Å². The Kier molecular flexibility index (Phi) is 4.10. The van der Waals surface area contributed by atoms with Gasteiger partial charge in [-0.2, -0.15) is 0 Å². The molecule has 0 amide bonds. The van der Waals surface area contributed by atoms with Crippen molar-refractivity contribution in [2.24, 2.45) is 0 Å². The van der Waals surface area contributed by atoms with Crippen LogP contribution < -0.4 is 0 Å². The number of benzene rings is 2. The number of halogens is 1. The number of rotatable bonds is 1. The van der Waals surface area contributed by atoms with Crippen LogP contribution in [0.15, 0.2) is 36.4 Å². The molecule has 0 bridgehead atoms. The van der Waals surface area contributed by atoms with Crippen molar-refractivity contribution in [3.63, 3.8) is 0 Å². The van der Waals surface area contributed by atoms with E-state index in [2.05, 4.69) is 0 Å². The summed E-state index contributed by atoms with van der Waals surface area (Å²) in [6.07, 6.45) is 0. The second-order valence-corrected chi connectivity index (χ2v) is 3.39.